The first-order valence-corrected chi connectivity index (χ1v) is 7.74. The summed E-state index contributed by atoms with van der Waals surface area (Å²) in [6.45, 7) is 1.77. The van der Waals surface area contributed by atoms with E-state index in [0.29, 0.717) is 0 Å². The van der Waals surface area contributed by atoms with Crippen LogP contribution in [0.1, 0.15) is 16.9 Å². The predicted octanol–water partition coefficient (Wildman–Crippen LogP) is 2.13. The molecule has 2 heterocycles. The van der Waals surface area contributed by atoms with Crippen molar-refractivity contribution in [2.45, 2.75) is 11.8 Å². The van der Waals surface area contributed by atoms with Crippen molar-refractivity contribution in [2.75, 3.05) is 13.1 Å². The van der Waals surface area contributed by atoms with Gasteiger partial charge in [0.1, 0.15) is 5.41 Å². The summed E-state index contributed by atoms with van der Waals surface area (Å²) in [4.78, 5) is 13.6. The fraction of sp³-hybridized carbons (Fsp3) is 0.312. The normalized spacial score (nSPS) is 21.5. The third kappa shape index (κ3) is 1.96. The smallest absolute Gasteiger partial charge is 0.233 e. The lowest BCUT2D eigenvalue weighted by atomic mass is 9.68. The van der Waals surface area contributed by atoms with Crippen molar-refractivity contribution in [3.05, 3.63) is 58.3 Å². The number of primary amides is 1. The van der Waals surface area contributed by atoms with E-state index < -0.39 is 5.41 Å². The zero-order valence-corrected chi connectivity index (χ0v) is 12.0. The molecule has 1 aromatic carbocycles. The zero-order chi connectivity index (χ0) is 14.0. The Balaban J connectivity index is 2.22. The molecule has 0 radical (unpaired) electrons. The molecule has 1 aromatic heterocycles. The summed E-state index contributed by atoms with van der Waals surface area (Å²) in [7, 11) is 0. The first-order valence-electron chi connectivity index (χ1n) is 6.86. The van der Waals surface area contributed by atoms with Crippen LogP contribution in [-0.4, -0.2) is 19.0 Å². The van der Waals surface area contributed by atoms with E-state index in [1.807, 2.05) is 47.8 Å². The number of rotatable bonds is 4. The minimum absolute atomic E-state index is 0.209. The van der Waals surface area contributed by atoms with E-state index in [4.69, 9.17) is 5.73 Å². The van der Waals surface area contributed by atoms with Crippen molar-refractivity contribution in [1.29, 1.82) is 0 Å². The molecule has 1 aliphatic heterocycles. The maximum absolute atomic E-state index is 12.5. The van der Waals surface area contributed by atoms with E-state index in [2.05, 4.69) is 5.32 Å². The Hall–Kier alpha value is -1.65. The molecule has 20 heavy (non-hydrogen) atoms. The van der Waals surface area contributed by atoms with Crippen molar-refractivity contribution in [1.82, 2.24) is 5.32 Å². The molecule has 3 N–H and O–H groups in total. The van der Waals surface area contributed by atoms with Gasteiger partial charge in [0.05, 0.1) is 0 Å². The quantitative estimate of drug-likeness (QED) is 0.904. The Morgan fingerprint density at radius 3 is 2.60 bits per heavy atom. The Morgan fingerprint density at radius 1 is 1.25 bits per heavy atom. The number of amides is 1. The molecular formula is C16H18N2OS. The van der Waals surface area contributed by atoms with Gasteiger partial charge in [0.2, 0.25) is 5.91 Å². The zero-order valence-electron chi connectivity index (χ0n) is 11.2. The Kier molecular flexibility index (Phi) is 3.59. The van der Waals surface area contributed by atoms with E-state index in [1.165, 1.54) is 0 Å². The molecule has 3 nitrogen and oxygen atoms in total. The van der Waals surface area contributed by atoms with Crippen molar-refractivity contribution in [2.24, 2.45) is 11.7 Å². The number of hydrogen-bond acceptors (Lipinski definition) is 3. The Labute approximate surface area is 122 Å². The summed E-state index contributed by atoms with van der Waals surface area (Å²) in [5.41, 5.74) is 6.21. The van der Waals surface area contributed by atoms with E-state index >= 15 is 0 Å². The fourth-order valence-electron chi connectivity index (χ4n) is 3.27. The van der Waals surface area contributed by atoms with Crippen LogP contribution in [0, 0.1) is 5.92 Å². The predicted molar refractivity (Wildman–Crippen MR) is 81.7 cm³/mol. The van der Waals surface area contributed by atoms with E-state index in [9.17, 15) is 4.79 Å². The van der Waals surface area contributed by atoms with Crippen molar-refractivity contribution in [3.63, 3.8) is 0 Å². The lowest BCUT2D eigenvalue weighted by Gasteiger charge is -2.35. The average Bonchev–Trinajstić information content (AvgIpc) is 3.14. The summed E-state index contributed by atoms with van der Waals surface area (Å²) >= 11 is 1.61. The lowest BCUT2D eigenvalue weighted by molar-refractivity contribution is -0.123. The monoisotopic (exact) mass is 286 g/mol. The molecule has 1 fully saturated rings. The second-order valence-corrected chi connectivity index (χ2v) is 6.15. The van der Waals surface area contributed by atoms with Crippen LogP contribution < -0.4 is 11.1 Å². The van der Waals surface area contributed by atoms with Gasteiger partial charge in [-0.2, -0.15) is 0 Å². The highest BCUT2D eigenvalue weighted by Crippen LogP contribution is 2.43. The highest BCUT2D eigenvalue weighted by molar-refractivity contribution is 7.10. The number of hydrogen-bond donors (Lipinski definition) is 2. The summed E-state index contributed by atoms with van der Waals surface area (Å²) in [6, 6.07) is 14.0. The van der Waals surface area contributed by atoms with Crippen LogP contribution in [0.4, 0.5) is 0 Å². The molecule has 2 aromatic rings. The standard InChI is InChI=1S/C16H18N2OS/c17-15(19)16(13-8-9-18-11-13,14-7-4-10-20-14)12-5-2-1-3-6-12/h1-7,10,13,18H,8-9,11H2,(H2,17,19)/t13?,16-/m0/s1. The average molecular weight is 286 g/mol. The minimum Gasteiger partial charge on any atom is -0.369 e. The molecule has 4 heteroatoms. The van der Waals surface area contributed by atoms with Gasteiger partial charge in [-0.05, 0) is 42.4 Å². The largest absolute Gasteiger partial charge is 0.369 e. The van der Waals surface area contributed by atoms with Gasteiger partial charge in [-0.3, -0.25) is 4.79 Å². The van der Waals surface area contributed by atoms with Crippen molar-refractivity contribution >= 4 is 17.2 Å². The van der Waals surface area contributed by atoms with Crippen molar-refractivity contribution < 1.29 is 4.79 Å². The number of carbonyl (C=O) groups excluding carboxylic acids is 1. The summed E-state index contributed by atoms with van der Waals surface area (Å²) < 4.78 is 0. The van der Waals surface area contributed by atoms with Gasteiger partial charge in [-0.15, -0.1) is 11.3 Å². The highest BCUT2D eigenvalue weighted by atomic mass is 32.1. The topological polar surface area (TPSA) is 55.1 Å². The van der Waals surface area contributed by atoms with Crippen LogP contribution in [0.5, 0.6) is 0 Å². The number of nitrogens with one attached hydrogen (secondary N) is 1. The lowest BCUT2D eigenvalue weighted by Crippen LogP contribution is -2.48. The molecule has 0 bridgehead atoms. The number of carbonyl (C=O) groups is 1. The van der Waals surface area contributed by atoms with Crippen LogP contribution in [0.3, 0.4) is 0 Å². The minimum atomic E-state index is -0.709. The molecule has 104 valence electrons. The summed E-state index contributed by atoms with van der Waals surface area (Å²) in [5, 5.41) is 5.37. The molecule has 1 amide bonds. The maximum Gasteiger partial charge on any atom is 0.233 e. The molecule has 1 unspecified atom stereocenters. The molecule has 1 aliphatic rings. The van der Waals surface area contributed by atoms with Crippen molar-refractivity contribution in [3.8, 4) is 0 Å². The van der Waals surface area contributed by atoms with E-state index in [0.717, 1.165) is 30.0 Å². The molecule has 0 saturated carbocycles. The van der Waals surface area contributed by atoms with Gasteiger partial charge >= 0.3 is 0 Å². The van der Waals surface area contributed by atoms with Crippen LogP contribution in [0.2, 0.25) is 0 Å². The van der Waals surface area contributed by atoms with Crippen LogP contribution in [0.15, 0.2) is 47.8 Å². The van der Waals surface area contributed by atoms with Gasteiger partial charge in [0.15, 0.2) is 0 Å². The summed E-state index contributed by atoms with van der Waals surface area (Å²) in [6.07, 6.45) is 0.968. The maximum atomic E-state index is 12.5. The van der Waals surface area contributed by atoms with E-state index in [1.54, 1.807) is 11.3 Å². The highest BCUT2D eigenvalue weighted by Gasteiger charge is 2.48. The third-order valence-corrected chi connectivity index (χ3v) is 5.21. The van der Waals surface area contributed by atoms with Gasteiger partial charge in [-0.1, -0.05) is 36.4 Å². The van der Waals surface area contributed by atoms with Crippen LogP contribution in [0.25, 0.3) is 0 Å². The molecule has 0 spiro atoms. The van der Waals surface area contributed by atoms with Gasteiger partial charge in [0, 0.05) is 4.88 Å². The molecular weight excluding hydrogens is 268 g/mol. The molecule has 0 aliphatic carbocycles. The molecule has 3 rings (SSSR count). The second-order valence-electron chi connectivity index (χ2n) is 5.21. The number of benzene rings is 1. The fourth-order valence-corrected chi connectivity index (χ4v) is 4.30. The molecule has 1 saturated heterocycles. The SMILES string of the molecule is NC(=O)[C@](c1ccccc1)(c1cccs1)C1CCNC1. The first kappa shape index (κ1) is 13.3. The van der Waals surface area contributed by atoms with Gasteiger partial charge in [0.25, 0.3) is 0 Å². The Bertz CT molecular complexity index is 576. The Morgan fingerprint density at radius 2 is 2.05 bits per heavy atom. The first-order chi connectivity index (χ1) is 9.76. The number of thiophene rings is 1. The van der Waals surface area contributed by atoms with Gasteiger partial charge < -0.3 is 11.1 Å². The summed E-state index contributed by atoms with van der Waals surface area (Å²) in [5.74, 6) is -0.0408. The molecule has 2 atom stereocenters. The van der Waals surface area contributed by atoms with E-state index in [-0.39, 0.29) is 11.8 Å². The van der Waals surface area contributed by atoms with Gasteiger partial charge in [-0.25, -0.2) is 0 Å². The number of nitrogens with two attached hydrogens (primary N) is 1. The van der Waals surface area contributed by atoms with Crippen LogP contribution in [-0.2, 0) is 10.2 Å². The van der Waals surface area contributed by atoms with Crippen LogP contribution >= 0.6 is 11.3 Å². The third-order valence-electron chi connectivity index (χ3n) is 4.20. The second kappa shape index (κ2) is 5.38.